The van der Waals surface area contributed by atoms with Gasteiger partial charge in [-0.3, -0.25) is 14.2 Å². The summed E-state index contributed by atoms with van der Waals surface area (Å²) in [5.41, 5.74) is 2.78. The van der Waals surface area contributed by atoms with Crippen LogP contribution in [0.4, 0.5) is 10.1 Å². The monoisotopic (exact) mass is 458 g/mol. The third-order valence-electron chi connectivity index (χ3n) is 5.18. The Hall–Kier alpha value is -4.60. The molecule has 4 aromatic heterocycles. The molecule has 0 spiro atoms. The summed E-state index contributed by atoms with van der Waals surface area (Å²) < 4.78 is 27.1. The first-order valence-corrected chi connectivity index (χ1v) is 10.3. The Balaban J connectivity index is 1.48. The number of carbonyl (C=O) groups excluding carboxylic acids is 1. The van der Waals surface area contributed by atoms with E-state index < -0.39 is 11.7 Å². The number of anilines is 1. The summed E-state index contributed by atoms with van der Waals surface area (Å²) in [6.45, 7) is 3.34. The summed E-state index contributed by atoms with van der Waals surface area (Å²) in [4.78, 5) is 29.8. The van der Waals surface area contributed by atoms with Crippen LogP contribution in [-0.4, -0.2) is 37.4 Å². The number of nitrogens with one attached hydrogen (secondary N) is 1. The van der Waals surface area contributed by atoms with Crippen LogP contribution >= 0.6 is 0 Å². The van der Waals surface area contributed by atoms with Crippen molar-refractivity contribution in [2.45, 2.75) is 13.8 Å². The van der Waals surface area contributed by atoms with Gasteiger partial charge < -0.3 is 14.5 Å². The van der Waals surface area contributed by atoms with E-state index in [2.05, 4.69) is 25.3 Å². The van der Waals surface area contributed by atoms with Crippen LogP contribution in [-0.2, 0) is 0 Å². The van der Waals surface area contributed by atoms with E-state index in [1.54, 1.807) is 56.2 Å². The number of amides is 1. The molecule has 1 N–H and O–H groups in total. The van der Waals surface area contributed by atoms with Crippen LogP contribution in [0.25, 0.3) is 28.3 Å². The molecule has 0 aliphatic heterocycles. The summed E-state index contributed by atoms with van der Waals surface area (Å²) in [6, 6.07) is 7.84. The molecule has 34 heavy (non-hydrogen) atoms. The summed E-state index contributed by atoms with van der Waals surface area (Å²) in [6.07, 6.45) is 6.75. The zero-order valence-electron chi connectivity index (χ0n) is 18.5. The van der Waals surface area contributed by atoms with Gasteiger partial charge in [0.2, 0.25) is 11.5 Å². The fourth-order valence-electron chi connectivity index (χ4n) is 3.64. The molecule has 5 aromatic rings. The standard InChI is InChI=1S/C24H19FN6O3/c1-13-22(34-14(2)28-13)23(32)29-16-6-7-18(25)17(9-16)19-12-31-11-15(10-27-24(31)30-19)21-20(33-3)5-4-8-26-21/h4-12H,1-3H3,(H,29,32). The van der Waals surface area contributed by atoms with E-state index in [9.17, 15) is 9.18 Å². The average Bonchev–Trinajstić information content (AvgIpc) is 3.41. The van der Waals surface area contributed by atoms with Gasteiger partial charge in [-0.2, -0.15) is 0 Å². The van der Waals surface area contributed by atoms with E-state index in [0.29, 0.717) is 45.8 Å². The molecule has 5 rings (SSSR count). The van der Waals surface area contributed by atoms with Gasteiger partial charge in [-0.15, -0.1) is 0 Å². The number of pyridine rings is 1. The lowest BCUT2D eigenvalue weighted by atomic mass is 10.1. The van der Waals surface area contributed by atoms with Crippen molar-refractivity contribution >= 4 is 17.4 Å². The Labute approximate surface area is 193 Å². The molecule has 4 heterocycles. The van der Waals surface area contributed by atoms with Crippen LogP contribution in [0.3, 0.4) is 0 Å². The lowest BCUT2D eigenvalue weighted by Gasteiger charge is -2.06. The maximum absolute atomic E-state index is 14.7. The highest BCUT2D eigenvalue weighted by Crippen LogP contribution is 2.29. The van der Waals surface area contributed by atoms with Crippen LogP contribution in [0, 0.1) is 19.7 Å². The predicted molar refractivity (Wildman–Crippen MR) is 122 cm³/mol. The molecule has 170 valence electrons. The van der Waals surface area contributed by atoms with Gasteiger partial charge in [-0.05, 0) is 37.3 Å². The largest absolute Gasteiger partial charge is 0.494 e. The minimum absolute atomic E-state index is 0.109. The first kappa shape index (κ1) is 21.3. The molecule has 0 unspecified atom stereocenters. The Bertz CT molecular complexity index is 1540. The third kappa shape index (κ3) is 3.85. The zero-order chi connectivity index (χ0) is 23.8. The van der Waals surface area contributed by atoms with E-state index in [1.807, 2.05) is 6.07 Å². The molecular weight excluding hydrogens is 439 g/mol. The van der Waals surface area contributed by atoms with Crippen molar-refractivity contribution < 1.29 is 18.3 Å². The molecule has 0 saturated carbocycles. The van der Waals surface area contributed by atoms with E-state index in [1.165, 1.54) is 18.2 Å². The second-order valence-electron chi connectivity index (χ2n) is 7.53. The smallest absolute Gasteiger partial charge is 0.293 e. The molecule has 9 nitrogen and oxygen atoms in total. The minimum atomic E-state index is -0.486. The maximum atomic E-state index is 14.7. The summed E-state index contributed by atoms with van der Waals surface area (Å²) >= 11 is 0. The number of ether oxygens (including phenoxy) is 1. The van der Waals surface area contributed by atoms with Gasteiger partial charge in [-0.25, -0.2) is 19.3 Å². The topological polar surface area (TPSA) is 107 Å². The second kappa shape index (κ2) is 8.39. The van der Waals surface area contributed by atoms with E-state index >= 15 is 0 Å². The quantitative estimate of drug-likeness (QED) is 0.414. The molecule has 1 amide bonds. The van der Waals surface area contributed by atoms with Crippen molar-refractivity contribution in [1.82, 2.24) is 24.3 Å². The molecular formula is C24H19FN6O3. The van der Waals surface area contributed by atoms with Crippen molar-refractivity contribution in [1.29, 1.82) is 0 Å². The molecule has 0 atom stereocenters. The van der Waals surface area contributed by atoms with Gasteiger partial charge in [0.1, 0.15) is 17.3 Å². The number of imidazole rings is 1. The predicted octanol–water partition coefficient (Wildman–Crippen LogP) is 4.46. The zero-order valence-corrected chi connectivity index (χ0v) is 18.5. The Morgan fingerprint density at radius 2 is 2.00 bits per heavy atom. The van der Waals surface area contributed by atoms with Crippen LogP contribution in [0.2, 0.25) is 0 Å². The van der Waals surface area contributed by atoms with Gasteiger partial charge in [-0.1, -0.05) is 0 Å². The summed E-state index contributed by atoms with van der Waals surface area (Å²) in [7, 11) is 1.57. The number of nitrogens with zero attached hydrogens (tertiary/aromatic N) is 5. The number of fused-ring (bicyclic) bond motifs is 1. The summed E-state index contributed by atoms with van der Waals surface area (Å²) in [5, 5.41) is 2.72. The number of hydrogen-bond donors (Lipinski definition) is 1. The van der Waals surface area contributed by atoms with Crippen LogP contribution < -0.4 is 10.1 Å². The molecule has 0 aliphatic rings. The fourth-order valence-corrected chi connectivity index (χ4v) is 3.64. The van der Waals surface area contributed by atoms with E-state index in [-0.39, 0.29) is 11.3 Å². The average molecular weight is 458 g/mol. The number of rotatable bonds is 5. The minimum Gasteiger partial charge on any atom is -0.494 e. The third-order valence-corrected chi connectivity index (χ3v) is 5.18. The number of aromatic nitrogens is 5. The number of halogens is 1. The van der Waals surface area contributed by atoms with Crippen LogP contribution in [0.1, 0.15) is 22.1 Å². The van der Waals surface area contributed by atoms with Crippen LogP contribution in [0.5, 0.6) is 5.75 Å². The number of aryl methyl sites for hydroxylation is 2. The molecule has 1 aromatic carbocycles. The van der Waals surface area contributed by atoms with E-state index in [4.69, 9.17) is 9.15 Å². The molecule has 10 heteroatoms. The maximum Gasteiger partial charge on any atom is 0.293 e. The van der Waals surface area contributed by atoms with Crippen molar-refractivity contribution in [2.24, 2.45) is 0 Å². The number of carbonyl (C=O) groups is 1. The van der Waals surface area contributed by atoms with Gasteiger partial charge >= 0.3 is 0 Å². The first-order chi connectivity index (χ1) is 16.4. The van der Waals surface area contributed by atoms with Crippen molar-refractivity contribution in [3.05, 3.63) is 78.3 Å². The first-order valence-electron chi connectivity index (χ1n) is 10.3. The fraction of sp³-hybridized carbons (Fsp3) is 0.125. The Morgan fingerprint density at radius 3 is 2.76 bits per heavy atom. The number of hydrogen-bond acceptors (Lipinski definition) is 7. The second-order valence-corrected chi connectivity index (χ2v) is 7.53. The highest BCUT2D eigenvalue weighted by Gasteiger charge is 2.18. The van der Waals surface area contributed by atoms with Gasteiger partial charge in [0, 0.05) is 48.5 Å². The summed E-state index contributed by atoms with van der Waals surface area (Å²) in [5.74, 6) is 0.534. The molecule has 0 fully saturated rings. The Kier molecular flexibility index (Phi) is 5.25. The highest BCUT2D eigenvalue weighted by molar-refractivity contribution is 6.03. The molecule has 0 bridgehead atoms. The number of benzene rings is 1. The van der Waals surface area contributed by atoms with E-state index in [0.717, 1.165) is 0 Å². The van der Waals surface area contributed by atoms with Crippen LogP contribution in [0.15, 0.2) is 59.5 Å². The highest BCUT2D eigenvalue weighted by atomic mass is 19.1. The van der Waals surface area contributed by atoms with Gasteiger partial charge in [0.15, 0.2) is 5.89 Å². The number of oxazole rings is 1. The van der Waals surface area contributed by atoms with Crippen molar-refractivity contribution in [3.8, 4) is 28.3 Å². The lowest BCUT2D eigenvalue weighted by molar-refractivity contribution is 0.0994. The normalized spacial score (nSPS) is 11.1. The lowest BCUT2D eigenvalue weighted by Crippen LogP contribution is -2.12. The molecule has 0 aliphatic carbocycles. The molecule has 0 saturated heterocycles. The number of methoxy groups -OCH3 is 1. The van der Waals surface area contributed by atoms with Gasteiger partial charge in [0.25, 0.3) is 5.91 Å². The molecule has 0 radical (unpaired) electrons. The Morgan fingerprint density at radius 1 is 1.15 bits per heavy atom. The van der Waals surface area contributed by atoms with Crippen molar-refractivity contribution in [2.75, 3.05) is 12.4 Å². The SMILES string of the molecule is COc1cccnc1-c1cnc2nc(-c3cc(NC(=O)c4oc(C)nc4C)ccc3F)cn2c1. The van der Waals surface area contributed by atoms with Crippen molar-refractivity contribution in [3.63, 3.8) is 0 Å². The van der Waals surface area contributed by atoms with Gasteiger partial charge in [0.05, 0.1) is 18.5 Å².